The van der Waals surface area contributed by atoms with E-state index in [-0.39, 0.29) is 11.9 Å². The van der Waals surface area contributed by atoms with Crippen molar-refractivity contribution in [3.8, 4) is 0 Å². The van der Waals surface area contributed by atoms with E-state index < -0.39 is 6.10 Å². The van der Waals surface area contributed by atoms with Gasteiger partial charge in [0, 0.05) is 36.1 Å². The van der Waals surface area contributed by atoms with Crippen LogP contribution in [-0.2, 0) is 4.79 Å². The fourth-order valence-corrected chi connectivity index (χ4v) is 3.02. The largest absolute Gasteiger partial charge is 0.387 e. The van der Waals surface area contributed by atoms with Gasteiger partial charge in [-0.05, 0) is 25.5 Å². The van der Waals surface area contributed by atoms with Crippen LogP contribution in [0.4, 0.5) is 0 Å². The number of amides is 1. The molecule has 1 aliphatic heterocycles. The third kappa shape index (κ3) is 4.70. The second-order valence-electron chi connectivity index (χ2n) is 5.56. The van der Waals surface area contributed by atoms with Gasteiger partial charge in [-0.25, -0.2) is 0 Å². The molecule has 2 atom stereocenters. The first kappa shape index (κ1) is 16.3. The van der Waals surface area contributed by atoms with Gasteiger partial charge in [0.25, 0.3) is 0 Å². The molecule has 116 valence electrons. The normalized spacial score (nSPS) is 21.0. The van der Waals surface area contributed by atoms with Crippen molar-refractivity contribution in [1.82, 2.24) is 10.2 Å². The maximum atomic E-state index is 11.5. The predicted molar refractivity (Wildman–Crippen MR) is 84.3 cm³/mol. The summed E-state index contributed by atoms with van der Waals surface area (Å²) in [5.74, 6) is 0.0912. The lowest BCUT2D eigenvalue weighted by Gasteiger charge is -2.34. The number of aliphatic hydroxyl groups is 1. The SMILES string of the molecule is CCC(=O)NC1CCCN(CC(O)c2ccccc2Cl)C1. The molecule has 0 bridgehead atoms. The van der Waals surface area contributed by atoms with Crippen LogP contribution in [0, 0.1) is 0 Å². The molecule has 1 aliphatic rings. The summed E-state index contributed by atoms with van der Waals surface area (Å²) in [7, 11) is 0. The maximum absolute atomic E-state index is 11.5. The Morgan fingerprint density at radius 3 is 3.00 bits per heavy atom. The Kier molecular flexibility index (Phi) is 6.03. The minimum absolute atomic E-state index is 0.0912. The Hall–Kier alpha value is -1.10. The second kappa shape index (κ2) is 7.78. The Bertz CT molecular complexity index is 481. The van der Waals surface area contributed by atoms with Gasteiger partial charge in [0.05, 0.1) is 6.10 Å². The number of carbonyl (C=O) groups excluding carboxylic acids is 1. The number of carbonyl (C=O) groups is 1. The van der Waals surface area contributed by atoms with Gasteiger partial charge in [0.15, 0.2) is 0 Å². The van der Waals surface area contributed by atoms with Crippen molar-refractivity contribution in [3.05, 3.63) is 34.9 Å². The lowest BCUT2D eigenvalue weighted by Crippen LogP contribution is -2.48. The highest BCUT2D eigenvalue weighted by atomic mass is 35.5. The van der Waals surface area contributed by atoms with Gasteiger partial charge in [-0.1, -0.05) is 36.7 Å². The van der Waals surface area contributed by atoms with E-state index in [4.69, 9.17) is 11.6 Å². The number of benzene rings is 1. The summed E-state index contributed by atoms with van der Waals surface area (Å²) in [5, 5.41) is 14.0. The number of hydrogen-bond donors (Lipinski definition) is 2. The number of aliphatic hydroxyl groups excluding tert-OH is 1. The number of likely N-dealkylation sites (tertiary alicyclic amines) is 1. The minimum atomic E-state index is -0.598. The van der Waals surface area contributed by atoms with Crippen LogP contribution in [0.3, 0.4) is 0 Å². The lowest BCUT2D eigenvalue weighted by atomic mass is 10.0. The van der Waals surface area contributed by atoms with Crippen molar-refractivity contribution in [2.75, 3.05) is 19.6 Å². The predicted octanol–water partition coefficient (Wildman–Crippen LogP) is 2.36. The summed E-state index contributed by atoms with van der Waals surface area (Å²) in [6.45, 7) is 4.13. The number of hydrogen-bond acceptors (Lipinski definition) is 3. The van der Waals surface area contributed by atoms with Crippen LogP contribution in [0.25, 0.3) is 0 Å². The van der Waals surface area contributed by atoms with E-state index in [2.05, 4.69) is 10.2 Å². The Balaban J connectivity index is 1.90. The third-order valence-electron chi connectivity index (χ3n) is 3.89. The number of nitrogens with zero attached hydrogens (tertiary/aromatic N) is 1. The molecule has 1 aromatic carbocycles. The molecule has 0 aliphatic carbocycles. The molecule has 2 rings (SSSR count). The topological polar surface area (TPSA) is 52.6 Å². The summed E-state index contributed by atoms with van der Waals surface area (Å²) in [4.78, 5) is 13.7. The first-order valence-corrected chi connectivity index (χ1v) is 7.92. The van der Waals surface area contributed by atoms with Crippen LogP contribution in [0.1, 0.15) is 37.9 Å². The van der Waals surface area contributed by atoms with Gasteiger partial charge in [-0.2, -0.15) is 0 Å². The number of β-amino-alcohol motifs (C(OH)–C–C–N with tert-alkyl or cyclic N) is 1. The second-order valence-corrected chi connectivity index (χ2v) is 5.96. The van der Waals surface area contributed by atoms with E-state index >= 15 is 0 Å². The molecule has 0 aromatic heterocycles. The zero-order valence-corrected chi connectivity index (χ0v) is 13.1. The zero-order chi connectivity index (χ0) is 15.2. The number of nitrogens with one attached hydrogen (secondary N) is 1. The van der Waals surface area contributed by atoms with Crippen molar-refractivity contribution in [1.29, 1.82) is 0 Å². The minimum Gasteiger partial charge on any atom is -0.387 e. The van der Waals surface area contributed by atoms with Crippen molar-refractivity contribution in [2.45, 2.75) is 38.3 Å². The first-order valence-electron chi connectivity index (χ1n) is 7.54. The van der Waals surface area contributed by atoms with Gasteiger partial charge in [-0.15, -0.1) is 0 Å². The molecule has 21 heavy (non-hydrogen) atoms. The van der Waals surface area contributed by atoms with Gasteiger partial charge in [0.1, 0.15) is 0 Å². The fraction of sp³-hybridized carbons (Fsp3) is 0.562. The fourth-order valence-electron chi connectivity index (χ4n) is 2.76. The van der Waals surface area contributed by atoms with Crippen LogP contribution in [-0.4, -0.2) is 41.6 Å². The van der Waals surface area contributed by atoms with E-state index in [1.165, 1.54) is 0 Å². The molecule has 2 unspecified atom stereocenters. The van der Waals surface area contributed by atoms with Crippen molar-refractivity contribution >= 4 is 17.5 Å². The Morgan fingerprint density at radius 2 is 2.29 bits per heavy atom. The average molecular weight is 311 g/mol. The van der Waals surface area contributed by atoms with Crippen molar-refractivity contribution in [3.63, 3.8) is 0 Å². The van der Waals surface area contributed by atoms with Gasteiger partial charge >= 0.3 is 0 Å². The summed E-state index contributed by atoms with van der Waals surface area (Å²) >= 11 is 6.12. The number of halogens is 1. The van der Waals surface area contributed by atoms with E-state index in [0.717, 1.165) is 31.5 Å². The quantitative estimate of drug-likeness (QED) is 0.878. The molecule has 1 fully saturated rings. The zero-order valence-electron chi connectivity index (χ0n) is 12.4. The van der Waals surface area contributed by atoms with Crippen LogP contribution in [0.15, 0.2) is 24.3 Å². The van der Waals surface area contributed by atoms with Crippen LogP contribution in [0.5, 0.6) is 0 Å². The lowest BCUT2D eigenvalue weighted by molar-refractivity contribution is -0.121. The van der Waals surface area contributed by atoms with E-state index in [1.807, 2.05) is 25.1 Å². The Morgan fingerprint density at radius 1 is 1.52 bits per heavy atom. The first-order chi connectivity index (χ1) is 10.1. The van der Waals surface area contributed by atoms with E-state index in [9.17, 15) is 9.90 Å². The number of piperidine rings is 1. The molecule has 1 saturated heterocycles. The van der Waals surface area contributed by atoms with Gasteiger partial charge < -0.3 is 10.4 Å². The van der Waals surface area contributed by atoms with Crippen molar-refractivity contribution < 1.29 is 9.90 Å². The molecule has 2 N–H and O–H groups in total. The van der Waals surface area contributed by atoms with E-state index in [0.29, 0.717) is 18.0 Å². The van der Waals surface area contributed by atoms with Crippen molar-refractivity contribution in [2.24, 2.45) is 0 Å². The summed E-state index contributed by atoms with van der Waals surface area (Å²) in [6.07, 6.45) is 1.95. The van der Waals surface area contributed by atoms with Crippen LogP contribution < -0.4 is 5.32 Å². The molecule has 4 nitrogen and oxygen atoms in total. The molecular formula is C16H23ClN2O2. The molecule has 0 spiro atoms. The highest BCUT2D eigenvalue weighted by molar-refractivity contribution is 6.31. The van der Waals surface area contributed by atoms with Gasteiger partial charge in [-0.3, -0.25) is 9.69 Å². The summed E-state index contributed by atoms with van der Waals surface area (Å²) in [5.41, 5.74) is 0.763. The molecule has 1 amide bonds. The van der Waals surface area contributed by atoms with E-state index in [1.54, 1.807) is 6.07 Å². The molecular weight excluding hydrogens is 288 g/mol. The highest BCUT2D eigenvalue weighted by Gasteiger charge is 2.23. The van der Waals surface area contributed by atoms with Gasteiger partial charge in [0.2, 0.25) is 5.91 Å². The summed E-state index contributed by atoms with van der Waals surface area (Å²) < 4.78 is 0. The maximum Gasteiger partial charge on any atom is 0.219 e. The van der Waals surface area contributed by atoms with Crippen LogP contribution >= 0.6 is 11.6 Å². The molecule has 5 heteroatoms. The standard InChI is InChI=1S/C16H23ClN2O2/c1-2-16(21)18-12-6-5-9-19(10-12)11-15(20)13-7-3-4-8-14(13)17/h3-4,7-8,12,15,20H,2,5-6,9-11H2,1H3,(H,18,21). The molecule has 1 heterocycles. The molecule has 0 radical (unpaired) electrons. The summed E-state index contributed by atoms with van der Waals surface area (Å²) in [6, 6.07) is 7.57. The molecule has 1 aromatic rings. The average Bonchev–Trinajstić information content (AvgIpc) is 2.47. The smallest absolute Gasteiger partial charge is 0.219 e. The highest BCUT2D eigenvalue weighted by Crippen LogP contribution is 2.24. The number of rotatable bonds is 5. The van der Waals surface area contributed by atoms with Crippen LogP contribution in [0.2, 0.25) is 5.02 Å². The Labute approximate surface area is 131 Å². The monoisotopic (exact) mass is 310 g/mol. The molecule has 0 saturated carbocycles. The third-order valence-corrected chi connectivity index (χ3v) is 4.23.